The zero-order valence-corrected chi connectivity index (χ0v) is 19.2. The number of ether oxygens (including phenoxy) is 2. The second-order valence-corrected chi connectivity index (χ2v) is 9.50. The van der Waals surface area contributed by atoms with E-state index in [1.165, 1.54) is 12.8 Å². The Morgan fingerprint density at radius 3 is 2.66 bits per heavy atom. The molecular formula is C26H37N3O3. The number of hydrogen-bond acceptors (Lipinski definition) is 5. The predicted molar refractivity (Wildman–Crippen MR) is 123 cm³/mol. The van der Waals surface area contributed by atoms with Crippen molar-refractivity contribution in [3.05, 3.63) is 29.8 Å². The fourth-order valence-corrected chi connectivity index (χ4v) is 5.59. The molecule has 0 N–H and O–H groups in total. The molecule has 3 heterocycles. The highest BCUT2D eigenvalue weighted by atomic mass is 16.5. The summed E-state index contributed by atoms with van der Waals surface area (Å²) in [5, 5.41) is 9.02. The molecule has 0 bridgehead atoms. The van der Waals surface area contributed by atoms with Gasteiger partial charge < -0.3 is 14.4 Å². The van der Waals surface area contributed by atoms with Crippen molar-refractivity contribution in [1.82, 2.24) is 9.80 Å². The van der Waals surface area contributed by atoms with Crippen molar-refractivity contribution < 1.29 is 14.3 Å². The van der Waals surface area contributed by atoms with Gasteiger partial charge in [-0.05, 0) is 75.7 Å². The number of likely N-dealkylation sites (tertiary alicyclic amines) is 2. The van der Waals surface area contributed by atoms with Gasteiger partial charge in [-0.2, -0.15) is 5.26 Å². The Balaban J connectivity index is 1.26. The first-order valence-electron chi connectivity index (χ1n) is 12.5. The topological polar surface area (TPSA) is 65.8 Å². The first kappa shape index (κ1) is 23.1. The number of carbonyl (C=O) groups is 1. The van der Waals surface area contributed by atoms with Crippen LogP contribution >= 0.6 is 0 Å². The monoisotopic (exact) mass is 439 g/mol. The summed E-state index contributed by atoms with van der Waals surface area (Å²) in [6, 6.07) is 9.93. The molecule has 0 radical (unpaired) electrons. The number of nitrogens with zero attached hydrogens (tertiary/aromatic N) is 3. The van der Waals surface area contributed by atoms with E-state index in [1.54, 1.807) is 12.1 Å². The number of rotatable bonds is 6. The molecule has 4 rings (SSSR count). The number of amides is 1. The summed E-state index contributed by atoms with van der Waals surface area (Å²) < 4.78 is 11.4. The fraction of sp³-hybridized carbons (Fsp3) is 0.692. The molecule has 3 saturated heterocycles. The molecule has 0 aromatic heterocycles. The molecule has 6 nitrogen and oxygen atoms in total. The minimum absolute atomic E-state index is 0.168. The Kier molecular flexibility index (Phi) is 8.42. The molecule has 1 atom stereocenters. The molecule has 3 fully saturated rings. The minimum atomic E-state index is 0.168. The van der Waals surface area contributed by atoms with Crippen molar-refractivity contribution in [3.8, 4) is 11.8 Å². The lowest BCUT2D eigenvalue weighted by Gasteiger charge is -2.42. The molecule has 1 aromatic carbocycles. The quantitative estimate of drug-likeness (QED) is 0.674. The van der Waals surface area contributed by atoms with Crippen molar-refractivity contribution in [2.24, 2.45) is 11.8 Å². The van der Waals surface area contributed by atoms with E-state index in [2.05, 4.69) is 15.9 Å². The highest BCUT2D eigenvalue weighted by Gasteiger charge is 2.36. The Hall–Kier alpha value is -2.10. The lowest BCUT2D eigenvalue weighted by atomic mass is 9.85. The molecule has 1 aromatic rings. The Labute approximate surface area is 192 Å². The molecule has 0 unspecified atom stereocenters. The summed E-state index contributed by atoms with van der Waals surface area (Å²) in [4.78, 5) is 18.1. The Morgan fingerprint density at radius 2 is 1.88 bits per heavy atom. The van der Waals surface area contributed by atoms with Gasteiger partial charge in [-0.15, -0.1) is 0 Å². The van der Waals surface area contributed by atoms with Crippen molar-refractivity contribution in [2.45, 2.75) is 57.4 Å². The number of carbonyl (C=O) groups excluding carboxylic acids is 1. The number of nitriles is 1. The maximum Gasteiger partial charge on any atom is 0.226 e. The van der Waals surface area contributed by atoms with Gasteiger partial charge in [0.2, 0.25) is 5.91 Å². The Morgan fingerprint density at radius 1 is 1.06 bits per heavy atom. The van der Waals surface area contributed by atoms with E-state index in [0.29, 0.717) is 30.0 Å². The fourth-order valence-electron chi connectivity index (χ4n) is 5.59. The zero-order chi connectivity index (χ0) is 22.2. The van der Waals surface area contributed by atoms with Gasteiger partial charge in [0, 0.05) is 38.3 Å². The van der Waals surface area contributed by atoms with E-state index >= 15 is 0 Å². The van der Waals surface area contributed by atoms with E-state index in [4.69, 9.17) is 14.7 Å². The highest BCUT2D eigenvalue weighted by Crippen LogP contribution is 2.32. The third-order valence-electron chi connectivity index (χ3n) is 7.47. The van der Waals surface area contributed by atoms with Gasteiger partial charge in [-0.25, -0.2) is 0 Å². The second kappa shape index (κ2) is 11.7. The SMILES string of the molecule is N#Cc1cccc(OCCN2CCC([C@H]3CCCCCN3C(=O)C3CCOCC3)CC2)c1. The lowest BCUT2D eigenvalue weighted by Crippen LogP contribution is -2.50. The summed E-state index contributed by atoms with van der Waals surface area (Å²) in [6.45, 7) is 6.09. The summed E-state index contributed by atoms with van der Waals surface area (Å²) in [5.41, 5.74) is 0.631. The van der Waals surface area contributed by atoms with E-state index < -0.39 is 0 Å². The van der Waals surface area contributed by atoms with Crippen LogP contribution in [0.2, 0.25) is 0 Å². The van der Waals surface area contributed by atoms with Crippen molar-refractivity contribution >= 4 is 5.91 Å². The molecule has 0 spiro atoms. The normalized spacial score (nSPS) is 24.0. The average Bonchev–Trinajstić information content (AvgIpc) is 3.11. The molecule has 174 valence electrons. The van der Waals surface area contributed by atoms with Crippen molar-refractivity contribution in [3.63, 3.8) is 0 Å². The molecule has 3 aliphatic heterocycles. The predicted octanol–water partition coefficient (Wildman–Crippen LogP) is 3.85. The molecule has 6 heteroatoms. The third kappa shape index (κ3) is 6.02. The minimum Gasteiger partial charge on any atom is -0.492 e. The van der Waals surface area contributed by atoms with E-state index in [1.807, 2.05) is 12.1 Å². The van der Waals surface area contributed by atoms with Crippen molar-refractivity contribution in [2.75, 3.05) is 46.0 Å². The van der Waals surface area contributed by atoms with Gasteiger partial charge in [0.15, 0.2) is 0 Å². The summed E-state index contributed by atoms with van der Waals surface area (Å²) >= 11 is 0. The van der Waals surface area contributed by atoms with Crippen LogP contribution in [0.15, 0.2) is 24.3 Å². The van der Waals surface area contributed by atoms with Crippen LogP contribution in [-0.2, 0) is 9.53 Å². The second-order valence-electron chi connectivity index (χ2n) is 9.50. The van der Waals surface area contributed by atoms with Crippen LogP contribution in [0.5, 0.6) is 5.75 Å². The van der Waals surface area contributed by atoms with Crippen LogP contribution < -0.4 is 4.74 Å². The van der Waals surface area contributed by atoms with Gasteiger partial charge in [0.1, 0.15) is 12.4 Å². The maximum atomic E-state index is 13.4. The van der Waals surface area contributed by atoms with Gasteiger partial charge in [0.05, 0.1) is 11.6 Å². The maximum absolute atomic E-state index is 13.4. The molecule has 1 amide bonds. The first-order valence-corrected chi connectivity index (χ1v) is 12.5. The van der Waals surface area contributed by atoms with Crippen LogP contribution in [0.3, 0.4) is 0 Å². The highest BCUT2D eigenvalue weighted by molar-refractivity contribution is 5.79. The Bertz CT molecular complexity index is 779. The van der Waals surface area contributed by atoms with Gasteiger partial charge in [0.25, 0.3) is 0 Å². The molecular weight excluding hydrogens is 402 g/mol. The van der Waals surface area contributed by atoms with Gasteiger partial charge in [-0.3, -0.25) is 9.69 Å². The average molecular weight is 440 g/mol. The van der Waals surface area contributed by atoms with Gasteiger partial charge in [-0.1, -0.05) is 18.9 Å². The smallest absolute Gasteiger partial charge is 0.226 e. The van der Waals surface area contributed by atoms with E-state index in [9.17, 15) is 4.79 Å². The van der Waals surface area contributed by atoms with E-state index in [-0.39, 0.29) is 5.92 Å². The van der Waals surface area contributed by atoms with Crippen molar-refractivity contribution in [1.29, 1.82) is 5.26 Å². The summed E-state index contributed by atoms with van der Waals surface area (Å²) in [5.74, 6) is 1.94. The largest absolute Gasteiger partial charge is 0.492 e. The van der Waals surface area contributed by atoms with Crippen LogP contribution in [0.1, 0.15) is 56.9 Å². The molecule has 3 aliphatic rings. The summed E-state index contributed by atoms with van der Waals surface area (Å²) in [6.07, 6.45) is 8.90. The number of piperidine rings is 1. The first-order chi connectivity index (χ1) is 15.7. The molecule has 0 saturated carbocycles. The third-order valence-corrected chi connectivity index (χ3v) is 7.47. The van der Waals surface area contributed by atoms with Gasteiger partial charge >= 0.3 is 0 Å². The lowest BCUT2D eigenvalue weighted by molar-refractivity contribution is -0.142. The van der Waals surface area contributed by atoms with E-state index in [0.717, 1.165) is 83.7 Å². The van der Waals surface area contributed by atoms with Crippen LogP contribution in [0, 0.1) is 23.2 Å². The number of hydrogen-bond donors (Lipinski definition) is 0. The van der Waals surface area contributed by atoms with Crippen LogP contribution in [0.4, 0.5) is 0 Å². The van der Waals surface area contributed by atoms with Crippen LogP contribution in [-0.4, -0.2) is 67.7 Å². The molecule has 32 heavy (non-hydrogen) atoms. The van der Waals surface area contributed by atoms with Crippen LogP contribution in [0.25, 0.3) is 0 Å². The number of benzene rings is 1. The standard InChI is InChI=1S/C26H37N3O3/c27-20-21-5-4-6-24(19-21)32-18-15-28-13-8-22(9-14-28)25-7-2-1-3-12-29(25)26(30)23-10-16-31-17-11-23/h4-6,19,22-23,25H,1-3,7-18H2/t25-/m1/s1. The summed E-state index contributed by atoms with van der Waals surface area (Å²) in [7, 11) is 0. The molecule has 0 aliphatic carbocycles. The zero-order valence-electron chi connectivity index (χ0n) is 19.2.